The third-order valence-electron chi connectivity index (χ3n) is 5.32. The molecule has 1 aromatic rings. The van der Waals surface area contributed by atoms with Crippen LogP contribution >= 0.6 is 0 Å². The Balaban J connectivity index is 3.07. The van der Waals surface area contributed by atoms with Gasteiger partial charge in [0, 0.05) is 12.8 Å². The van der Waals surface area contributed by atoms with Crippen LogP contribution in [0.2, 0.25) is 0 Å². The van der Waals surface area contributed by atoms with Crippen molar-refractivity contribution in [3.63, 3.8) is 0 Å². The van der Waals surface area contributed by atoms with Crippen LogP contribution in [-0.4, -0.2) is 77.1 Å². The molecule has 4 unspecified atom stereocenters. The summed E-state index contributed by atoms with van der Waals surface area (Å²) in [5.74, 6) is -4.34. The maximum absolute atomic E-state index is 13.1. The van der Waals surface area contributed by atoms with Crippen LogP contribution in [0.4, 0.5) is 0 Å². The third kappa shape index (κ3) is 11.3. The normalized spacial score (nSPS) is 14.1. The van der Waals surface area contributed by atoms with Crippen molar-refractivity contribution in [2.24, 2.45) is 17.2 Å². The molecule has 0 aliphatic rings. The number of carbonyl (C=O) groups is 5. The second-order valence-corrected chi connectivity index (χ2v) is 8.29. The Kier molecular flexibility index (Phi) is 13.7. The molecule has 13 heteroatoms. The number of hydrogen-bond acceptors (Lipinski definition) is 8. The van der Waals surface area contributed by atoms with E-state index in [1.165, 1.54) is 0 Å². The second-order valence-electron chi connectivity index (χ2n) is 8.29. The maximum atomic E-state index is 13.1. The molecule has 4 amide bonds. The number of nitrogens with one attached hydrogen (secondary N) is 3. The molecule has 0 spiro atoms. The van der Waals surface area contributed by atoms with Gasteiger partial charge >= 0.3 is 5.97 Å². The minimum Gasteiger partial charge on any atom is -0.480 e. The molecule has 11 N–H and O–H groups in total. The average Bonchev–Trinajstić information content (AvgIpc) is 2.85. The zero-order valence-electron chi connectivity index (χ0n) is 20.0. The summed E-state index contributed by atoms with van der Waals surface area (Å²) >= 11 is 0. The first kappa shape index (κ1) is 30.5. The van der Waals surface area contributed by atoms with Gasteiger partial charge in [0.05, 0.1) is 6.61 Å². The van der Waals surface area contributed by atoms with Crippen LogP contribution in [0.25, 0.3) is 0 Å². The number of nitrogens with two attached hydrogens (primary N) is 3. The molecule has 4 atom stereocenters. The summed E-state index contributed by atoms with van der Waals surface area (Å²) < 4.78 is 0. The molecule has 0 saturated carbocycles. The summed E-state index contributed by atoms with van der Waals surface area (Å²) in [7, 11) is 0. The van der Waals surface area contributed by atoms with Crippen molar-refractivity contribution >= 4 is 29.6 Å². The second kappa shape index (κ2) is 16.2. The molecule has 36 heavy (non-hydrogen) atoms. The fraction of sp³-hybridized carbons (Fsp3) is 0.522. The Bertz CT molecular complexity index is 883. The summed E-state index contributed by atoms with van der Waals surface area (Å²) in [5, 5.41) is 25.9. The lowest BCUT2D eigenvalue weighted by atomic mass is 10.0. The highest BCUT2D eigenvalue weighted by Crippen LogP contribution is 2.07. The number of rotatable bonds is 17. The van der Waals surface area contributed by atoms with Crippen LogP contribution in [0, 0.1) is 0 Å². The van der Waals surface area contributed by atoms with Crippen molar-refractivity contribution in [2.75, 3.05) is 13.2 Å². The van der Waals surface area contributed by atoms with E-state index in [4.69, 9.17) is 22.3 Å². The van der Waals surface area contributed by atoms with Gasteiger partial charge in [0.25, 0.3) is 0 Å². The largest absolute Gasteiger partial charge is 0.480 e. The van der Waals surface area contributed by atoms with Gasteiger partial charge in [-0.05, 0) is 37.8 Å². The minimum atomic E-state index is -1.30. The van der Waals surface area contributed by atoms with E-state index in [0.717, 1.165) is 0 Å². The van der Waals surface area contributed by atoms with Crippen molar-refractivity contribution in [1.29, 1.82) is 0 Å². The van der Waals surface area contributed by atoms with Crippen LogP contribution in [0.5, 0.6) is 0 Å². The molecule has 200 valence electrons. The van der Waals surface area contributed by atoms with Crippen LogP contribution in [0.3, 0.4) is 0 Å². The summed E-state index contributed by atoms with van der Waals surface area (Å²) in [6.07, 6.45) is 0.747. The molecule has 1 rings (SSSR count). The van der Waals surface area contributed by atoms with E-state index in [1.807, 2.05) is 0 Å². The van der Waals surface area contributed by atoms with Crippen molar-refractivity contribution in [2.45, 2.75) is 62.7 Å². The van der Waals surface area contributed by atoms with Gasteiger partial charge in [-0.3, -0.25) is 19.2 Å². The molecule has 1 aromatic carbocycles. The van der Waals surface area contributed by atoms with Gasteiger partial charge < -0.3 is 43.4 Å². The van der Waals surface area contributed by atoms with Crippen LogP contribution in [-0.2, 0) is 30.4 Å². The minimum absolute atomic E-state index is 0.0392. The fourth-order valence-electron chi connectivity index (χ4n) is 3.27. The molecule has 0 aromatic heterocycles. The van der Waals surface area contributed by atoms with Crippen molar-refractivity contribution in [3.05, 3.63) is 35.9 Å². The van der Waals surface area contributed by atoms with Gasteiger partial charge in [0.2, 0.25) is 23.6 Å². The maximum Gasteiger partial charge on any atom is 0.326 e. The van der Waals surface area contributed by atoms with Crippen LogP contribution in [0.1, 0.15) is 37.7 Å². The summed E-state index contributed by atoms with van der Waals surface area (Å²) in [6.45, 7) is -0.276. The number of aliphatic carboxylic acids is 1. The Labute approximate surface area is 209 Å². The molecule has 0 bridgehead atoms. The summed E-state index contributed by atoms with van der Waals surface area (Å²) in [6, 6.07) is 3.74. The average molecular weight is 509 g/mol. The number of unbranched alkanes of at least 4 members (excludes halogenated alkanes) is 1. The molecule has 0 aliphatic carbocycles. The zero-order valence-corrected chi connectivity index (χ0v) is 20.0. The molecule has 13 nitrogen and oxygen atoms in total. The number of carboxylic acids is 1. The number of aliphatic hydroxyl groups is 1. The molecule has 0 radical (unpaired) electrons. The smallest absolute Gasteiger partial charge is 0.326 e. The lowest BCUT2D eigenvalue weighted by molar-refractivity contribution is -0.142. The van der Waals surface area contributed by atoms with E-state index in [1.54, 1.807) is 30.3 Å². The third-order valence-corrected chi connectivity index (χ3v) is 5.32. The summed E-state index contributed by atoms with van der Waals surface area (Å²) in [5.41, 5.74) is 16.9. The van der Waals surface area contributed by atoms with Gasteiger partial charge in [-0.15, -0.1) is 0 Å². The van der Waals surface area contributed by atoms with Gasteiger partial charge in [-0.2, -0.15) is 0 Å². The van der Waals surface area contributed by atoms with Crippen LogP contribution < -0.4 is 33.2 Å². The zero-order chi connectivity index (χ0) is 27.1. The standard InChI is InChI=1S/C23H36N6O7/c24-11-5-4-8-17(23(35)36)28-21(33)16(9-10-19(26)31)27-22(34)18(29-20(32)15(25)13-30)12-14-6-2-1-3-7-14/h1-3,6-7,15-18,30H,4-5,8-13,24-25H2,(H2,26,31)(H,27,34)(H,28,33)(H,29,32)(H,35,36). The number of aliphatic hydroxyl groups excluding tert-OH is 1. The Morgan fingerprint density at radius 1 is 0.833 bits per heavy atom. The first-order valence-electron chi connectivity index (χ1n) is 11.6. The molecule has 0 fully saturated rings. The number of benzene rings is 1. The van der Waals surface area contributed by atoms with Crippen molar-refractivity contribution in [3.8, 4) is 0 Å². The topological polar surface area (TPSA) is 240 Å². The molecule has 0 heterocycles. The molecule has 0 aliphatic heterocycles. The van der Waals surface area contributed by atoms with E-state index in [2.05, 4.69) is 16.0 Å². The lowest BCUT2D eigenvalue weighted by Crippen LogP contribution is -2.58. The number of carboxylic acid groups (broad SMARTS) is 1. The lowest BCUT2D eigenvalue weighted by Gasteiger charge is -2.25. The SMILES string of the molecule is NCCCCC(NC(=O)C(CCC(N)=O)NC(=O)C(Cc1ccccc1)NC(=O)C(N)CO)C(=O)O. The van der Waals surface area contributed by atoms with Gasteiger partial charge in [0.1, 0.15) is 24.2 Å². The molecular formula is C23H36N6O7. The number of primary amides is 1. The quantitative estimate of drug-likeness (QED) is 0.103. The monoisotopic (exact) mass is 508 g/mol. The van der Waals surface area contributed by atoms with E-state index < -0.39 is 60.4 Å². The van der Waals surface area contributed by atoms with Crippen LogP contribution in [0.15, 0.2) is 30.3 Å². The Morgan fingerprint density at radius 2 is 1.42 bits per heavy atom. The van der Waals surface area contributed by atoms with E-state index in [-0.39, 0.29) is 25.7 Å². The highest BCUT2D eigenvalue weighted by atomic mass is 16.4. The van der Waals surface area contributed by atoms with Crippen molar-refractivity contribution < 1.29 is 34.2 Å². The van der Waals surface area contributed by atoms with Gasteiger partial charge in [-0.25, -0.2) is 4.79 Å². The fourth-order valence-corrected chi connectivity index (χ4v) is 3.27. The number of hydrogen-bond donors (Lipinski definition) is 8. The highest BCUT2D eigenvalue weighted by Gasteiger charge is 2.30. The van der Waals surface area contributed by atoms with E-state index >= 15 is 0 Å². The predicted molar refractivity (Wildman–Crippen MR) is 130 cm³/mol. The predicted octanol–water partition coefficient (Wildman–Crippen LogP) is -2.52. The van der Waals surface area contributed by atoms with E-state index in [0.29, 0.717) is 24.9 Å². The first-order chi connectivity index (χ1) is 17.1. The Hall–Kier alpha value is -3.55. The number of amides is 4. The first-order valence-corrected chi connectivity index (χ1v) is 11.6. The summed E-state index contributed by atoms with van der Waals surface area (Å²) in [4.78, 5) is 61.2. The molecular weight excluding hydrogens is 472 g/mol. The van der Waals surface area contributed by atoms with E-state index in [9.17, 15) is 29.1 Å². The van der Waals surface area contributed by atoms with Crippen molar-refractivity contribution in [1.82, 2.24) is 16.0 Å². The highest BCUT2D eigenvalue weighted by molar-refractivity contribution is 5.94. The molecule has 0 saturated heterocycles. The Morgan fingerprint density at radius 3 is 1.97 bits per heavy atom. The van der Waals surface area contributed by atoms with Gasteiger partial charge in [0.15, 0.2) is 0 Å². The number of carbonyl (C=O) groups excluding carboxylic acids is 4. The van der Waals surface area contributed by atoms with Gasteiger partial charge in [-0.1, -0.05) is 30.3 Å².